The Labute approximate surface area is 100 Å². The van der Waals surface area contributed by atoms with Gasteiger partial charge in [-0.3, -0.25) is 0 Å². The molecule has 7 nitrogen and oxygen atoms in total. The largest absolute Gasteiger partial charge is 0.467 e. The average molecular weight is 242 g/mol. The molecule has 96 valence electrons. The van der Waals surface area contributed by atoms with Crippen LogP contribution in [0.1, 0.15) is 20.3 Å². The van der Waals surface area contributed by atoms with Crippen molar-refractivity contribution in [2.75, 3.05) is 20.8 Å². The Morgan fingerprint density at radius 2 is 1.53 bits per heavy atom. The summed E-state index contributed by atoms with van der Waals surface area (Å²) >= 11 is 0. The second-order valence-corrected chi connectivity index (χ2v) is 3.89. The van der Waals surface area contributed by atoms with E-state index in [1.54, 1.807) is 0 Å². The molecule has 1 heterocycles. The molecule has 1 aromatic heterocycles. The van der Waals surface area contributed by atoms with Gasteiger partial charge in [0.15, 0.2) is 0 Å². The molecule has 1 aromatic rings. The molecule has 2 N–H and O–H groups in total. The Morgan fingerprint density at radius 1 is 1.06 bits per heavy atom. The van der Waals surface area contributed by atoms with Gasteiger partial charge in [0.2, 0.25) is 0 Å². The minimum atomic E-state index is -0.424. The van der Waals surface area contributed by atoms with Crippen LogP contribution in [0.25, 0.3) is 0 Å². The Morgan fingerprint density at radius 3 is 1.94 bits per heavy atom. The maximum Gasteiger partial charge on any atom is 0.325 e. The lowest BCUT2D eigenvalue weighted by atomic mass is 10.0. The number of nitrogens with two attached hydrogens (primary N) is 1. The third kappa shape index (κ3) is 4.03. The van der Waals surface area contributed by atoms with Crippen LogP contribution in [0, 0.1) is 0 Å². The molecular weight excluding hydrogens is 224 g/mol. The lowest BCUT2D eigenvalue weighted by Gasteiger charge is -2.21. The van der Waals surface area contributed by atoms with E-state index in [0.29, 0.717) is 6.61 Å². The fourth-order valence-electron chi connectivity index (χ4n) is 0.899. The van der Waals surface area contributed by atoms with Crippen LogP contribution >= 0.6 is 0 Å². The number of methoxy groups -OCH3 is 2. The first-order valence-corrected chi connectivity index (χ1v) is 5.26. The highest BCUT2D eigenvalue weighted by molar-refractivity contribution is 5.08. The number of hydrogen-bond acceptors (Lipinski definition) is 7. The van der Waals surface area contributed by atoms with E-state index >= 15 is 0 Å². The van der Waals surface area contributed by atoms with Crippen molar-refractivity contribution in [3.05, 3.63) is 0 Å². The number of ether oxygens (including phenoxy) is 3. The fraction of sp³-hybridized carbons (Fsp3) is 0.700. The number of nitrogens with zero attached hydrogens (tertiary/aromatic N) is 3. The monoisotopic (exact) mass is 242 g/mol. The van der Waals surface area contributed by atoms with E-state index in [0.717, 1.165) is 6.42 Å². The summed E-state index contributed by atoms with van der Waals surface area (Å²) in [7, 11) is 2.91. The maximum atomic E-state index is 5.95. The molecule has 17 heavy (non-hydrogen) atoms. The first-order valence-electron chi connectivity index (χ1n) is 5.26. The second-order valence-electron chi connectivity index (χ2n) is 3.89. The molecule has 0 aliphatic rings. The predicted molar refractivity (Wildman–Crippen MR) is 61.3 cm³/mol. The van der Waals surface area contributed by atoms with E-state index in [2.05, 4.69) is 15.0 Å². The van der Waals surface area contributed by atoms with Crippen molar-refractivity contribution >= 4 is 0 Å². The molecule has 0 bridgehead atoms. The van der Waals surface area contributed by atoms with Gasteiger partial charge in [-0.2, -0.15) is 0 Å². The van der Waals surface area contributed by atoms with Crippen LogP contribution in [-0.2, 0) is 0 Å². The van der Waals surface area contributed by atoms with Crippen molar-refractivity contribution in [1.82, 2.24) is 15.0 Å². The quantitative estimate of drug-likeness (QED) is 0.771. The Hall–Kier alpha value is -1.63. The first kappa shape index (κ1) is 13.4. The number of rotatable bonds is 6. The van der Waals surface area contributed by atoms with E-state index in [9.17, 15) is 0 Å². The lowest BCUT2D eigenvalue weighted by molar-refractivity contribution is 0.202. The van der Waals surface area contributed by atoms with Gasteiger partial charge >= 0.3 is 18.0 Å². The zero-order valence-electron chi connectivity index (χ0n) is 10.6. The molecule has 7 heteroatoms. The molecule has 1 atom stereocenters. The molecule has 1 rings (SSSR count). The second kappa shape index (κ2) is 5.62. The van der Waals surface area contributed by atoms with Crippen LogP contribution in [0.15, 0.2) is 0 Å². The van der Waals surface area contributed by atoms with Gasteiger partial charge in [-0.1, -0.05) is 6.92 Å². The predicted octanol–water partition coefficient (Wildman–Crippen LogP) is 0.395. The summed E-state index contributed by atoms with van der Waals surface area (Å²) in [5.41, 5.74) is 5.52. The molecule has 0 aromatic carbocycles. The van der Waals surface area contributed by atoms with Crippen molar-refractivity contribution in [3.63, 3.8) is 0 Å². The van der Waals surface area contributed by atoms with Gasteiger partial charge < -0.3 is 19.9 Å². The standard InChI is InChI=1S/C10H18N4O3/c1-5-10(2,11)6-17-9-13-7(15-3)12-8(14-9)16-4/h5-6,11H2,1-4H3. The number of aromatic nitrogens is 3. The summed E-state index contributed by atoms with van der Waals surface area (Å²) in [6.07, 6.45) is 0.784. The van der Waals surface area contributed by atoms with Crippen molar-refractivity contribution in [2.24, 2.45) is 5.73 Å². The van der Waals surface area contributed by atoms with Gasteiger partial charge in [0.25, 0.3) is 0 Å². The van der Waals surface area contributed by atoms with E-state index in [-0.39, 0.29) is 18.0 Å². The average Bonchev–Trinajstić information content (AvgIpc) is 2.36. The topological polar surface area (TPSA) is 92.4 Å². The molecule has 0 saturated heterocycles. The molecule has 0 fully saturated rings. The highest BCUT2D eigenvalue weighted by atomic mass is 16.5. The molecule has 0 saturated carbocycles. The van der Waals surface area contributed by atoms with Crippen LogP contribution in [0.5, 0.6) is 18.0 Å². The van der Waals surface area contributed by atoms with E-state index in [4.69, 9.17) is 19.9 Å². The lowest BCUT2D eigenvalue weighted by Crippen LogP contribution is -2.41. The third-order valence-corrected chi connectivity index (χ3v) is 2.28. The first-order chi connectivity index (χ1) is 8.00. The molecule has 0 aliphatic carbocycles. The molecule has 0 amide bonds. The minimum absolute atomic E-state index is 0.138. The molecule has 0 aliphatic heterocycles. The summed E-state index contributed by atoms with van der Waals surface area (Å²) in [5, 5.41) is 0. The van der Waals surface area contributed by atoms with Gasteiger partial charge in [0.1, 0.15) is 6.61 Å². The normalized spacial score (nSPS) is 13.9. The van der Waals surface area contributed by atoms with Gasteiger partial charge in [0.05, 0.1) is 14.2 Å². The molecule has 0 spiro atoms. The highest BCUT2D eigenvalue weighted by Gasteiger charge is 2.18. The van der Waals surface area contributed by atoms with Gasteiger partial charge in [-0.25, -0.2) is 0 Å². The molecule has 1 unspecified atom stereocenters. The van der Waals surface area contributed by atoms with E-state index < -0.39 is 5.54 Å². The summed E-state index contributed by atoms with van der Waals surface area (Å²) in [6, 6.07) is 0.419. The third-order valence-electron chi connectivity index (χ3n) is 2.28. The van der Waals surface area contributed by atoms with Crippen molar-refractivity contribution in [2.45, 2.75) is 25.8 Å². The van der Waals surface area contributed by atoms with Crippen LogP contribution in [0.3, 0.4) is 0 Å². The summed E-state index contributed by atoms with van der Waals surface area (Å²) in [6.45, 7) is 4.18. The maximum absolute atomic E-state index is 5.95. The van der Waals surface area contributed by atoms with Crippen molar-refractivity contribution < 1.29 is 14.2 Å². The van der Waals surface area contributed by atoms with Crippen LogP contribution in [0.4, 0.5) is 0 Å². The molecular formula is C10H18N4O3. The summed E-state index contributed by atoms with van der Waals surface area (Å²) in [5.74, 6) is 0. The minimum Gasteiger partial charge on any atom is -0.467 e. The Bertz CT molecular complexity index is 348. The Kier molecular flexibility index (Phi) is 4.45. The van der Waals surface area contributed by atoms with Crippen LogP contribution < -0.4 is 19.9 Å². The van der Waals surface area contributed by atoms with Crippen molar-refractivity contribution in [3.8, 4) is 18.0 Å². The van der Waals surface area contributed by atoms with Crippen molar-refractivity contribution in [1.29, 1.82) is 0 Å². The zero-order valence-corrected chi connectivity index (χ0v) is 10.6. The van der Waals surface area contributed by atoms with Crippen LogP contribution in [-0.4, -0.2) is 41.3 Å². The van der Waals surface area contributed by atoms with E-state index in [1.807, 2.05) is 13.8 Å². The van der Waals surface area contributed by atoms with Crippen LogP contribution in [0.2, 0.25) is 0 Å². The van der Waals surface area contributed by atoms with E-state index in [1.165, 1.54) is 14.2 Å². The zero-order chi connectivity index (χ0) is 12.9. The smallest absolute Gasteiger partial charge is 0.325 e. The summed E-state index contributed by atoms with van der Waals surface area (Å²) < 4.78 is 15.2. The SMILES string of the molecule is CCC(C)(N)COc1nc(OC)nc(OC)n1. The van der Waals surface area contributed by atoms with Gasteiger partial charge in [-0.15, -0.1) is 15.0 Å². The Balaban J connectivity index is 2.76. The fourth-order valence-corrected chi connectivity index (χ4v) is 0.899. The number of hydrogen-bond donors (Lipinski definition) is 1. The van der Waals surface area contributed by atoms with Gasteiger partial charge in [0, 0.05) is 5.54 Å². The molecule has 0 radical (unpaired) electrons. The van der Waals surface area contributed by atoms with Gasteiger partial charge in [-0.05, 0) is 13.3 Å². The highest BCUT2D eigenvalue weighted by Crippen LogP contribution is 2.15. The summed E-state index contributed by atoms with van der Waals surface area (Å²) in [4.78, 5) is 11.7.